The van der Waals surface area contributed by atoms with Gasteiger partial charge in [-0.2, -0.15) is 0 Å². The number of methoxy groups -OCH3 is 2. The summed E-state index contributed by atoms with van der Waals surface area (Å²) in [6.07, 6.45) is 2.64. The highest BCUT2D eigenvalue weighted by molar-refractivity contribution is 5.81. The largest absolute Gasteiger partial charge is 0.493 e. The van der Waals surface area contributed by atoms with Gasteiger partial charge < -0.3 is 19.1 Å². The van der Waals surface area contributed by atoms with Gasteiger partial charge in [-0.05, 0) is 63.7 Å². The molecule has 1 saturated carbocycles. The van der Waals surface area contributed by atoms with Crippen molar-refractivity contribution in [2.24, 2.45) is 11.3 Å². The van der Waals surface area contributed by atoms with Crippen LogP contribution in [0, 0.1) is 11.3 Å². The quantitative estimate of drug-likeness (QED) is 0.801. The lowest BCUT2D eigenvalue weighted by Crippen LogP contribution is -2.76. The second kappa shape index (κ2) is 5.51. The molecule has 2 bridgehead atoms. The van der Waals surface area contributed by atoms with Gasteiger partial charge in [0.1, 0.15) is 17.5 Å². The summed E-state index contributed by atoms with van der Waals surface area (Å²) in [4.78, 5) is 15.3. The number of benzene rings is 1. The van der Waals surface area contributed by atoms with Crippen molar-refractivity contribution in [2.75, 3.05) is 27.8 Å². The van der Waals surface area contributed by atoms with Crippen molar-refractivity contribution in [1.29, 1.82) is 0 Å². The zero-order chi connectivity index (χ0) is 20.1. The normalized spacial score (nSPS) is 43.3. The molecule has 28 heavy (non-hydrogen) atoms. The molecule has 6 atom stereocenters. The van der Waals surface area contributed by atoms with Crippen LogP contribution >= 0.6 is 0 Å². The van der Waals surface area contributed by atoms with Gasteiger partial charge in [-0.3, -0.25) is 4.79 Å². The molecule has 1 saturated heterocycles. The van der Waals surface area contributed by atoms with E-state index < -0.39 is 5.60 Å². The van der Waals surface area contributed by atoms with Crippen molar-refractivity contribution in [3.05, 3.63) is 23.3 Å². The van der Waals surface area contributed by atoms with Gasteiger partial charge in [0.25, 0.3) is 0 Å². The van der Waals surface area contributed by atoms with E-state index in [9.17, 15) is 4.79 Å². The fraction of sp³-hybridized carbons (Fsp3) is 0.696. The summed E-state index contributed by atoms with van der Waals surface area (Å²) < 4.78 is 18.6. The Morgan fingerprint density at radius 2 is 2.04 bits per heavy atom. The Balaban J connectivity index is 1.84. The third-order valence-corrected chi connectivity index (χ3v) is 8.89. The molecule has 2 heterocycles. The standard InChI is InChI=1S/C23H31NO4/c1-13(25)15-12-21(2)17-11-14-7-8-16(26-5)19-18(14)23(21,9-10-24(17)4)20(28-19)22(15,3)27-6/h7-8,15,17,20H,9-12H2,1-6H3/t15-,17-,20+,21-,22-,23+/m1/s1. The molecule has 1 spiro atoms. The van der Waals surface area contributed by atoms with Crippen LogP contribution in [0.2, 0.25) is 0 Å². The Morgan fingerprint density at radius 1 is 1.29 bits per heavy atom. The Labute approximate surface area is 167 Å². The van der Waals surface area contributed by atoms with E-state index in [0.29, 0.717) is 6.04 Å². The second-order valence-electron chi connectivity index (χ2n) is 9.72. The molecule has 2 aliphatic heterocycles. The van der Waals surface area contributed by atoms with Crippen LogP contribution < -0.4 is 9.47 Å². The first kappa shape index (κ1) is 18.4. The topological polar surface area (TPSA) is 48.0 Å². The average molecular weight is 386 g/mol. The first-order chi connectivity index (χ1) is 13.2. The number of carbonyl (C=O) groups is 1. The molecule has 0 amide bonds. The molecular formula is C23H31NO4. The molecule has 1 aromatic rings. The van der Waals surface area contributed by atoms with Crippen LogP contribution in [-0.2, 0) is 21.4 Å². The minimum absolute atomic E-state index is 0.0519. The fourth-order valence-corrected chi connectivity index (χ4v) is 7.43. The number of ether oxygens (including phenoxy) is 3. The maximum Gasteiger partial charge on any atom is 0.165 e. The zero-order valence-corrected chi connectivity index (χ0v) is 17.8. The number of Topliss-reactive ketones (excluding diaryl/α,β-unsaturated/α-hetero) is 1. The van der Waals surface area contributed by atoms with E-state index in [-0.39, 0.29) is 28.6 Å². The van der Waals surface area contributed by atoms with E-state index in [4.69, 9.17) is 14.2 Å². The third kappa shape index (κ3) is 1.79. The van der Waals surface area contributed by atoms with Crippen LogP contribution in [0.4, 0.5) is 0 Å². The molecule has 2 aliphatic carbocycles. The molecule has 4 aliphatic rings. The molecular weight excluding hydrogens is 354 g/mol. The van der Waals surface area contributed by atoms with Crippen molar-refractivity contribution in [3.63, 3.8) is 0 Å². The number of likely N-dealkylation sites (N-methyl/N-ethyl adjacent to an activating group) is 1. The second-order valence-corrected chi connectivity index (χ2v) is 9.72. The molecule has 0 N–H and O–H groups in total. The maximum absolute atomic E-state index is 12.8. The number of hydrogen-bond donors (Lipinski definition) is 0. The third-order valence-electron chi connectivity index (χ3n) is 8.89. The number of ketones is 1. The van der Waals surface area contributed by atoms with E-state index in [0.717, 1.165) is 37.3 Å². The summed E-state index contributed by atoms with van der Waals surface area (Å²) in [5.41, 5.74) is 1.83. The van der Waals surface area contributed by atoms with Gasteiger partial charge in [-0.15, -0.1) is 0 Å². The van der Waals surface area contributed by atoms with Gasteiger partial charge in [-0.25, -0.2) is 0 Å². The van der Waals surface area contributed by atoms with E-state index in [1.807, 2.05) is 6.07 Å². The van der Waals surface area contributed by atoms with Gasteiger partial charge >= 0.3 is 0 Å². The molecule has 0 aromatic heterocycles. The van der Waals surface area contributed by atoms with Crippen molar-refractivity contribution in [1.82, 2.24) is 4.90 Å². The van der Waals surface area contributed by atoms with Crippen molar-refractivity contribution >= 4 is 5.78 Å². The van der Waals surface area contributed by atoms with Crippen molar-refractivity contribution < 1.29 is 19.0 Å². The molecule has 1 aromatic carbocycles. The molecule has 5 rings (SSSR count). The molecule has 5 nitrogen and oxygen atoms in total. The predicted molar refractivity (Wildman–Crippen MR) is 106 cm³/mol. The van der Waals surface area contributed by atoms with E-state index >= 15 is 0 Å². The first-order valence-electron chi connectivity index (χ1n) is 10.4. The SMILES string of the molecule is COc1ccc2c3c1O[C@H]1[C@](C)(OC)[C@@H](C(C)=O)C[C@]4(C)[C@@H](C2)N(C)CC[C@]314. The highest BCUT2D eigenvalue weighted by Gasteiger charge is 2.76. The Hall–Kier alpha value is -1.59. The number of hydrogen-bond acceptors (Lipinski definition) is 5. The molecule has 2 fully saturated rings. The van der Waals surface area contributed by atoms with E-state index in [2.05, 4.69) is 31.9 Å². The predicted octanol–water partition coefficient (Wildman–Crippen LogP) is 2.97. The highest BCUT2D eigenvalue weighted by Crippen LogP contribution is 2.71. The molecule has 5 heteroatoms. The van der Waals surface area contributed by atoms with E-state index in [1.54, 1.807) is 21.1 Å². The number of nitrogens with zero attached hydrogens (tertiary/aromatic N) is 1. The molecule has 0 unspecified atom stereocenters. The minimum atomic E-state index is -0.662. The van der Waals surface area contributed by atoms with Gasteiger partial charge in [0, 0.05) is 24.1 Å². The minimum Gasteiger partial charge on any atom is -0.493 e. The monoisotopic (exact) mass is 385 g/mol. The molecule has 152 valence electrons. The first-order valence-corrected chi connectivity index (χ1v) is 10.4. The fourth-order valence-electron chi connectivity index (χ4n) is 7.43. The summed E-state index contributed by atoms with van der Waals surface area (Å²) in [5, 5.41) is 0. The Bertz CT molecular complexity index is 868. The van der Waals surface area contributed by atoms with Crippen molar-refractivity contribution in [3.8, 4) is 11.5 Å². The summed E-state index contributed by atoms with van der Waals surface area (Å²) in [5.74, 6) is 1.68. The van der Waals surface area contributed by atoms with Crippen LogP contribution in [0.5, 0.6) is 11.5 Å². The highest BCUT2D eigenvalue weighted by atomic mass is 16.6. The number of likely N-dealkylation sites (tertiary alicyclic amines) is 1. The lowest BCUT2D eigenvalue weighted by Gasteiger charge is -2.68. The summed E-state index contributed by atoms with van der Waals surface area (Å²) in [7, 11) is 5.67. The smallest absolute Gasteiger partial charge is 0.165 e. The van der Waals surface area contributed by atoms with Crippen molar-refractivity contribution in [2.45, 2.75) is 63.2 Å². The van der Waals surface area contributed by atoms with Crippen LogP contribution in [0.15, 0.2) is 12.1 Å². The number of rotatable bonds is 3. The van der Waals surface area contributed by atoms with Crippen LogP contribution in [0.1, 0.15) is 44.7 Å². The van der Waals surface area contributed by atoms with Gasteiger partial charge in [0.2, 0.25) is 0 Å². The number of piperidine rings is 1. The summed E-state index contributed by atoms with van der Waals surface area (Å²) in [6, 6.07) is 4.65. The van der Waals surface area contributed by atoms with Gasteiger partial charge in [-0.1, -0.05) is 13.0 Å². The van der Waals surface area contributed by atoms with E-state index in [1.165, 1.54) is 11.1 Å². The Kier molecular flexibility index (Phi) is 3.63. The Morgan fingerprint density at radius 3 is 2.68 bits per heavy atom. The van der Waals surface area contributed by atoms with Crippen LogP contribution in [0.3, 0.4) is 0 Å². The van der Waals surface area contributed by atoms with Crippen LogP contribution in [0.25, 0.3) is 0 Å². The lowest BCUT2D eigenvalue weighted by molar-refractivity contribution is -0.220. The number of carbonyl (C=O) groups excluding carboxylic acids is 1. The zero-order valence-electron chi connectivity index (χ0n) is 17.8. The van der Waals surface area contributed by atoms with Gasteiger partial charge in [0.05, 0.1) is 13.0 Å². The van der Waals surface area contributed by atoms with Crippen LogP contribution in [-0.4, -0.2) is 56.2 Å². The average Bonchev–Trinajstić information content (AvgIpc) is 3.03. The maximum atomic E-state index is 12.8. The lowest BCUT2D eigenvalue weighted by atomic mass is 9.40. The van der Waals surface area contributed by atoms with Gasteiger partial charge in [0.15, 0.2) is 11.5 Å². The summed E-state index contributed by atoms with van der Waals surface area (Å²) >= 11 is 0. The molecule has 0 radical (unpaired) electrons. The summed E-state index contributed by atoms with van der Waals surface area (Å²) in [6.45, 7) is 7.21.